The van der Waals surface area contributed by atoms with Gasteiger partial charge in [0.25, 0.3) is 0 Å². The van der Waals surface area contributed by atoms with Crippen molar-refractivity contribution in [2.75, 3.05) is 13.2 Å². The summed E-state index contributed by atoms with van der Waals surface area (Å²) in [5.41, 5.74) is 3.08. The van der Waals surface area contributed by atoms with Crippen molar-refractivity contribution in [1.82, 2.24) is 0 Å². The summed E-state index contributed by atoms with van der Waals surface area (Å²) in [7, 11) is 0. The molecule has 5 heteroatoms. The first-order chi connectivity index (χ1) is 13.5. The van der Waals surface area contributed by atoms with Crippen LogP contribution in [0.2, 0.25) is 0 Å². The molecule has 1 saturated carbocycles. The maximum absolute atomic E-state index is 12.8. The molecule has 0 spiro atoms. The van der Waals surface area contributed by atoms with Crippen LogP contribution in [0.3, 0.4) is 0 Å². The van der Waals surface area contributed by atoms with Gasteiger partial charge in [0.1, 0.15) is 0 Å². The van der Waals surface area contributed by atoms with Crippen molar-refractivity contribution in [2.45, 2.75) is 26.7 Å². The Morgan fingerprint density at radius 3 is 1.64 bits per heavy atom. The van der Waals surface area contributed by atoms with Gasteiger partial charge in [-0.3, -0.25) is 4.79 Å². The highest BCUT2D eigenvalue weighted by atomic mass is 16.5. The number of phenolic OH excluding ortho intramolecular Hbond substituents is 2. The standard InChI is InChI=1S/C23H24O5/c1-3-27-21-13-15(5-9-19(21)24)11-17-7-8-18(23(17)26)12-16-6-10-20(25)22(14-16)28-4-2/h5-6,9-14,24-25H,3-4,7-8H2,1-2H3/b17-11-,18-12+. The van der Waals surface area contributed by atoms with Crippen LogP contribution in [0.1, 0.15) is 37.8 Å². The van der Waals surface area contributed by atoms with E-state index in [9.17, 15) is 15.0 Å². The Bertz CT molecular complexity index is 865. The molecule has 0 amide bonds. The molecular formula is C23H24O5. The number of carbonyl (C=O) groups excluding carboxylic acids is 1. The first-order valence-corrected chi connectivity index (χ1v) is 9.39. The van der Waals surface area contributed by atoms with E-state index in [0.717, 1.165) is 22.3 Å². The van der Waals surface area contributed by atoms with Crippen LogP contribution in [0.15, 0.2) is 47.5 Å². The zero-order valence-corrected chi connectivity index (χ0v) is 16.1. The Morgan fingerprint density at radius 1 is 0.821 bits per heavy atom. The number of allylic oxidation sites excluding steroid dienone is 2. The minimum Gasteiger partial charge on any atom is -0.504 e. The zero-order chi connectivity index (χ0) is 20.1. The normalized spacial score (nSPS) is 16.7. The average molecular weight is 380 g/mol. The van der Waals surface area contributed by atoms with E-state index in [4.69, 9.17) is 9.47 Å². The predicted molar refractivity (Wildman–Crippen MR) is 109 cm³/mol. The third kappa shape index (κ3) is 4.36. The fourth-order valence-electron chi connectivity index (χ4n) is 3.16. The second kappa shape index (κ2) is 8.65. The lowest BCUT2D eigenvalue weighted by atomic mass is 10.1. The minimum absolute atomic E-state index is 0.0112. The molecule has 28 heavy (non-hydrogen) atoms. The molecule has 0 aromatic heterocycles. The maximum atomic E-state index is 12.8. The van der Waals surface area contributed by atoms with E-state index in [-0.39, 0.29) is 17.3 Å². The highest BCUT2D eigenvalue weighted by Crippen LogP contribution is 2.33. The van der Waals surface area contributed by atoms with Gasteiger partial charge in [-0.1, -0.05) is 12.1 Å². The summed E-state index contributed by atoms with van der Waals surface area (Å²) in [4.78, 5) is 12.8. The molecule has 0 unspecified atom stereocenters. The van der Waals surface area contributed by atoms with E-state index in [1.54, 1.807) is 36.4 Å². The van der Waals surface area contributed by atoms with Gasteiger partial charge in [0, 0.05) is 11.1 Å². The average Bonchev–Trinajstić information content (AvgIpc) is 3.01. The number of benzene rings is 2. The smallest absolute Gasteiger partial charge is 0.185 e. The van der Waals surface area contributed by atoms with Gasteiger partial charge in [0.2, 0.25) is 0 Å². The number of hydrogen-bond donors (Lipinski definition) is 2. The summed E-state index contributed by atoms with van der Waals surface area (Å²) >= 11 is 0. The highest BCUT2D eigenvalue weighted by Gasteiger charge is 2.23. The molecule has 0 atom stereocenters. The zero-order valence-electron chi connectivity index (χ0n) is 16.1. The molecule has 0 radical (unpaired) electrons. The summed E-state index contributed by atoms with van der Waals surface area (Å²) in [5, 5.41) is 19.6. The fraction of sp³-hybridized carbons (Fsp3) is 0.261. The Labute approximate surface area is 164 Å². The van der Waals surface area contributed by atoms with Crippen LogP contribution < -0.4 is 9.47 Å². The number of phenols is 2. The minimum atomic E-state index is 0.0112. The van der Waals surface area contributed by atoms with Crippen molar-refractivity contribution >= 4 is 17.9 Å². The van der Waals surface area contributed by atoms with Crippen LogP contribution in [-0.2, 0) is 4.79 Å². The number of rotatable bonds is 6. The summed E-state index contributed by atoms with van der Waals surface area (Å²) in [6, 6.07) is 10.1. The lowest BCUT2D eigenvalue weighted by molar-refractivity contribution is -0.111. The molecule has 1 aliphatic rings. The summed E-state index contributed by atoms with van der Waals surface area (Å²) in [6.45, 7) is 4.61. The second-order valence-electron chi connectivity index (χ2n) is 6.49. The predicted octanol–water partition coefficient (Wildman–Crippen LogP) is 4.73. The molecule has 0 aliphatic heterocycles. The van der Waals surface area contributed by atoms with Crippen LogP contribution in [0.5, 0.6) is 23.0 Å². The lowest BCUT2D eigenvalue weighted by Crippen LogP contribution is -1.96. The van der Waals surface area contributed by atoms with Gasteiger partial charge in [0.05, 0.1) is 13.2 Å². The van der Waals surface area contributed by atoms with Crippen molar-refractivity contribution in [3.05, 3.63) is 58.7 Å². The maximum Gasteiger partial charge on any atom is 0.185 e. The second-order valence-corrected chi connectivity index (χ2v) is 6.49. The number of ketones is 1. The first-order valence-electron chi connectivity index (χ1n) is 9.39. The fourth-order valence-corrected chi connectivity index (χ4v) is 3.16. The van der Waals surface area contributed by atoms with E-state index in [1.807, 2.05) is 26.0 Å². The van der Waals surface area contributed by atoms with Crippen molar-refractivity contribution in [2.24, 2.45) is 0 Å². The van der Waals surface area contributed by atoms with Crippen molar-refractivity contribution in [3.63, 3.8) is 0 Å². The molecule has 2 aromatic rings. The van der Waals surface area contributed by atoms with E-state index < -0.39 is 0 Å². The molecular weight excluding hydrogens is 356 g/mol. The SMILES string of the molecule is CCOc1cc(/C=C2/CC/C(=C\c3ccc(O)c(OCC)c3)C2=O)ccc1O. The van der Waals surface area contributed by atoms with E-state index in [0.29, 0.717) is 37.6 Å². The van der Waals surface area contributed by atoms with Crippen LogP contribution in [0, 0.1) is 0 Å². The van der Waals surface area contributed by atoms with Crippen LogP contribution in [-0.4, -0.2) is 29.2 Å². The van der Waals surface area contributed by atoms with E-state index in [1.165, 1.54) is 0 Å². The Kier molecular flexibility index (Phi) is 6.04. The largest absolute Gasteiger partial charge is 0.504 e. The molecule has 146 valence electrons. The molecule has 0 saturated heterocycles. The third-order valence-corrected chi connectivity index (χ3v) is 4.50. The Hall–Kier alpha value is -3.21. The molecule has 2 N–H and O–H groups in total. The highest BCUT2D eigenvalue weighted by molar-refractivity contribution is 6.15. The van der Waals surface area contributed by atoms with Crippen LogP contribution in [0.4, 0.5) is 0 Å². The van der Waals surface area contributed by atoms with Crippen LogP contribution >= 0.6 is 0 Å². The van der Waals surface area contributed by atoms with Crippen molar-refractivity contribution in [3.8, 4) is 23.0 Å². The Morgan fingerprint density at radius 2 is 1.25 bits per heavy atom. The molecule has 5 nitrogen and oxygen atoms in total. The summed E-state index contributed by atoms with van der Waals surface area (Å²) in [6.07, 6.45) is 5.00. The van der Waals surface area contributed by atoms with Gasteiger partial charge in [-0.2, -0.15) is 0 Å². The molecule has 1 fully saturated rings. The van der Waals surface area contributed by atoms with E-state index in [2.05, 4.69) is 0 Å². The third-order valence-electron chi connectivity index (χ3n) is 4.50. The number of Topliss-reactive ketones (excluding diaryl/α,β-unsaturated/α-hetero) is 1. The van der Waals surface area contributed by atoms with Gasteiger partial charge in [-0.15, -0.1) is 0 Å². The molecule has 0 bridgehead atoms. The monoisotopic (exact) mass is 380 g/mol. The summed E-state index contributed by atoms with van der Waals surface area (Å²) < 4.78 is 10.8. The molecule has 0 heterocycles. The lowest BCUT2D eigenvalue weighted by Gasteiger charge is -2.07. The number of carbonyl (C=O) groups is 1. The molecule has 2 aromatic carbocycles. The first kappa shape index (κ1) is 19.5. The topological polar surface area (TPSA) is 76.0 Å². The van der Waals surface area contributed by atoms with E-state index >= 15 is 0 Å². The van der Waals surface area contributed by atoms with Gasteiger partial charge >= 0.3 is 0 Å². The number of aromatic hydroxyl groups is 2. The number of hydrogen-bond acceptors (Lipinski definition) is 5. The number of ether oxygens (including phenoxy) is 2. The van der Waals surface area contributed by atoms with Gasteiger partial charge in [0.15, 0.2) is 28.8 Å². The molecule has 3 rings (SSSR count). The van der Waals surface area contributed by atoms with Crippen molar-refractivity contribution in [1.29, 1.82) is 0 Å². The van der Waals surface area contributed by atoms with Crippen LogP contribution in [0.25, 0.3) is 12.2 Å². The van der Waals surface area contributed by atoms with Gasteiger partial charge in [-0.25, -0.2) is 0 Å². The van der Waals surface area contributed by atoms with Crippen molar-refractivity contribution < 1.29 is 24.5 Å². The Balaban J connectivity index is 1.83. The van der Waals surface area contributed by atoms with Gasteiger partial charge < -0.3 is 19.7 Å². The van der Waals surface area contributed by atoms with Gasteiger partial charge in [-0.05, 0) is 74.2 Å². The summed E-state index contributed by atoms with van der Waals surface area (Å²) in [5.74, 6) is 0.993. The quantitative estimate of drug-likeness (QED) is 0.709. The molecule has 1 aliphatic carbocycles.